The molecule has 0 bridgehead atoms. The van der Waals surface area contributed by atoms with E-state index in [2.05, 4.69) is 15.4 Å². The van der Waals surface area contributed by atoms with Gasteiger partial charge < -0.3 is 15.4 Å². The molecule has 0 saturated heterocycles. The average Bonchev–Trinajstić information content (AvgIpc) is 2.46. The minimum Gasteiger partial charge on any atom is -0.435 e. The molecule has 116 valence electrons. The van der Waals surface area contributed by atoms with E-state index in [1.165, 1.54) is 12.1 Å². The molecule has 2 N–H and O–H groups in total. The molecule has 2 rings (SSSR count). The molecule has 2 amide bonds. The number of alkyl halides is 2. The van der Waals surface area contributed by atoms with E-state index in [9.17, 15) is 13.6 Å². The molecule has 0 aliphatic carbocycles. The van der Waals surface area contributed by atoms with Crippen molar-refractivity contribution in [3.63, 3.8) is 0 Å². The first-order valence-electron chi connectivity index (χ1n) is 6.37. The number of urea groups is 1. The zero-order valence-electron chi connectivity index (χ0n) is 11.4. The van der Waals surface area contributed by atoms with Crippen molar-refractivity contribution in [2.24, 2.45) is 0 Å². The Bertz CT molecular complexity index is 636. The smallest absolute Gasteiger partial charge is 0.387 e. The summed E-state index contributed by atoms with van der Waals surface area (Å²) >= 11 is 5.82. The lowest BCUT2D eigenvalue weighted by molar-refractivity contribution is -0.0498. The fraction of sp³-hybridized carbons (Fsp3) is 0.133. The first-order valence-corrected chi connectivity index (χ1v) is 6.75. The first-order chi connectivity index (χ1) is 10.5. The summed E-state index contributed by atoms with van der Waals surface area (Å²) in [5.74, 6) is 0.0714. The van der Waals surface area contributed by atoms with Crippen LogP contribution in [0.4, 0.5) is 19.3 Å². The van der Waals surface area contributed by atoms with Crippen LogP contribution < -0.4 is 15.4 Å². The van der Waals surface area contributed by atoms with Gasteiger partial charge in [-0.3, -0.25) is 0 Å². The second-order valence-electron chi connectivity index (χ2n) is 4.34. The predicted molar refractivity (Wildman–Crippen MR) is 80.4 cm³/mol. The van der Waals surface area contributed by atoms with Crippen molar-refractivity contribution in [2.75, 3.05) is 5.32 Å². The fourth-order valence-electron chi connectivity index (χ4n) is 1.71. The van der Waals surface area contributed by atoms with E-state index in [1.54, 1.807) is 36.4 Å². The zero-order chi connectivity index (χ0) is 15.9. The molecule has 7 heteroatoms. The van der Waals surface area contributed by atoms with E-state index in [0.29, 0.717) is 10.7 Å². The Labute approximate surface area is 131 Å². The van der Waals surface area contributed by atoms with Crippen molar-refractivity contribution in [3.8, 4) is 5.75 Å². The van der Waals surface area contributed by atoms with E-state index in [4.69, 9.17) is 11.6 Å². The molecule has 0 fully saturated rings. The Balaban J connectivity index is 1.83. The van der Waals surface area contributed by atoms with Gasteiger partial charge in [0.05, 0.1) is 0 Å². The molecule has 0 atom stereocenters. The minimum atomic E-state index is -2.85. The molecule has 0 heterocycles. The van der Waals surface area contributed by atoms with Gasteiger partial charge in [-0.2, -0.15) is 8.78 Å². The van der Waals surface area contributed by atoms with Crippen molar-refractivity contribution in [3.05, 3.63) is 59.1 Å². The summed E-state index contributed by atoms with van der Waals surface area (Å²) in [7, 11) is 0. The second kappa shape index (κ2) is 7.61. The van der Waals surface area contributed by atoms with E-state index in [1.807, 2.05) is 0 Å². The monoisotopic (exact) mass is 326 g/mol. The number of nitrogens with one attached hydrogen (secondary N) is 2. The van der Waals surface area contributed by atoms with Gasteiger partial charge in [-0.1, -0.05) is 29.8 Å². The Morgan fingerprint density at radius 3 is 2.55 bits per heavy atom. The largest absolute Gasteiger partial charge is 0.435 e. The summed E-state index contributed by atoms with van der Waals surface area (Å²) in [6.07, 6.45) is 0. The number of rotatable bonds is 5. The molecule has 0 saturated carbocycles. The normalized spacial score (nSPS) is 10.4. The van der Waals surface area contributed by atoms with Crippen LogP contribution in [0.25, 0.3) is 0 Å². The van der Waals surface area contributed by atoms with Crippen LogP contribution in [0.15, 0.2) is 48.5 Å². The van der Waals surface area contributed by atoms with E-state index >= 15 is 0 Å². The van der Waals surface area contributed by atoms with Gasteiger partial charge in [0.25, 0.3) is 0 Å². The number of hydrogen-bond donors (Lipinski definition) is 2. The molecule has 0 aromatic heterocycles. The van der Waals surface area contributed by atoms with Crippen molar-refractivity contribution in [1.29, 1.82) is 0 Å². The van der Waals surface area contributed by atoms with Crippen LogP contribution in [0.3, 0.4) is 0 Å². The highest BCUT2D eigenvalue weighted by Crippen LogP contribution is 2.16. The molecule has 0 spiro atoms. The number of benzene rings is 2. The summed E-state index contributed by atoms with van der Waals surface area (Å²) in [6, 6.07) is 12.4. The predicted octanol–water partition coefficient (Wildman–Crippen LogP) is 4.26. The molecule has 2 aromatic carbocycles. The Hall–Kier alpha value is -2.34. The Morgan fingerprint density at radius 1 is 1.18 bits per heavy atom. The molecule has 0 unspecified atom stereocenters. The molecule has 0 radical (unpaired) electrons. The van der Waals surface area contributed by atoms with E-state index in [-0.39, 0.29) is 12.3 Å². The number of carbonyl (C=O) groups is 1. The van der Waals surface area contributed by atoms with Crippen LogP contribution in [0.5, 0.6) is 5.75 Å². The highest BCUT2D eigenvalue weighted by atomic mass is 35.5. The van der Waals surface area contributed by atoms with Crippen LogP contribution in [-0.4, -0.2) is 12.6 Å². The highest BCUT2D eigenvalue weighted by molar-refractivity contribution is 6.30. The summed E-state index contributed by atoms with van der Waals surface area (Å²) in [6.45, 7) is -2.60. The lowest BCUT2D eigenvalue weighted by Gasteiger charge is -2.09. The third-order valence-electron chi connectivity index (χ3n) is 2.68. The molecular formula is C15H13ClF2N2O2. The Kier molecular flexibility index (Phi) is 5.55. The molecule has 2 aromatic rings. The van der Waals surface area contributed by atoms with Crippen LogP contribution in [0.2, 0.25) is 5.02 Å². The maximum absolute atomic E-state index is 12.0. The maximum atomic E-state index is 12.0. The number of ether oxygens (including phenoxy) is 1. The molecule has 4 nitrogen and oxygen atoms in total. The quantitative estimate of drug-likeness (QED) is 0.862. The minimum absolute atomic E-state index is 0.0714. The van der Waals surface area contributed by atoms with Gasteiger partial charge in [0.1, 0.15) is 5.75 Å². The van der Waals surface area contributed by atoms with Gasteiger partial charge in [-0.05, 0) is 35.9 Å². The number of carbonyl (C=O) groups excluding carboxylic acids is 1. The lowest BCUT2D eigenvalue weighted by Crippen LogP contribution is -2.28. The second-order valence-corrected chi connectivity index (χ2v) is 4.78. The Morgan fingerprint density at radius 2 is 1.91 bits per heavy atom. The van der Waals surface area contributed by atoms with Crippen molar-refractivity contribution >= 4 is 23.3 Å². The number of amides is 2. The van der Waals surface area contributed by atoms with E-state index < -0.39 is 12.6 Å². The van der Waals surface area contributed by atoms with E-state index in [0.717, 1.165) is 5.56 Å². The third kappa shape index (κ3) is 5.21. The number of anilines is 1. The number of hydrogen-bond acceptors (Lipinski definition) is 2. The van der Waals surface area contributed by atoms with Gasteiger partial charge in [0.15, 0.2) is 0 Å². The summed E-state index contributed by atoms with van der Waals surface area (Å²) in [5, 5.41) is 5.80. The molecular weight excluding hydrogens is 314 g/mol. The van der Waals surface area contributed by atoms with Crippen molar-refractivity contribution < 1.29 is 18.3 Å². The summed E-state index contributed by atoms with van der Waals surface area (Å²) < 4.78 is 28.3. The van der Waals surface area contributed by atoms with Gasteiger partial charge in [0, 0.05) is 17.3 Å². The third-order valence-corrected chi connectivity index (χ3v) is 2.92. The summed E-state index contributed by atoms with van der Waals surface area (Å²) in [4.78, 5) is 11.7. The standard InChI is InChI=1S/C15H13ClF2N2O2/c16-11-2-1-3-12(8-11)20-15(21)19-9-10-4-6-13(7-5-10)22-14(17)18/h1-8,14H,9H2,(H2,19,20,21). The average molecular weight is 327 g/mol. The first kappa shape index (κ1) is 16.0. The van der Waals surface area contributed by atoms with Crippen LogP contribution in [-0.2, 0) is 6.54 Å². The molecule has 22 heavy (non-hydrogen) atoms. The van der Waals surface area contributed by atoms with Crippen LogP contribution in [0.1, 0.15) is 5.56 Å². The van der Waals surface area contributed by atoms with Gasteiger partial charge in [0.2, 0.25) is 0 Å². The van der Waals surface area contributed by atoms with Gasteiger partial charge >= 0.3 is 12.6 Å². The highest BCUT2D eigenvalue weighted by Gasteiger charge is 2.05. The zero-order valence-corrected chi connectivity index (χ0v) is 12.1. The lowest BCUT2D eigenvalue weighted by atomic mass is 10.2. The SMILES string of the molecule is O=C(NCc1ccc(OC(F)F)cc1)Nc1cccc(Cl)c1. The van der Waals surface area contributed by atoms with Gasteiger partial charge in [-0.15, -0.1) is 0 Å². The van der Waals surface area contributed by atoms with Crippen LogP contribution in [0, 0.1) is 0 Å². The van der Waals surface area contributed by atoms with Gasteiger partial charge in [-0.25, -0.2) is 4.79 Å². The molecule has 0 aliphatic rings. The fourth-order valence-corrected chi connectivity index (χ4v) is 1.90. The van der Waals surface area contributed by atoms with Crippen molar-refractivity contribution in [2.45, 2.75) is 13.2 Å². The van der Waals surface area contributed by atoms with Crippen molar-refractivity contribution in [1.82, 2.24) is 5.32 Å². The van der Waals surface area contributed by atoms with Crippen LogP contribution >= 0.6 is 11.6 Å². The topological polar surface area (TPSA) is 50.4 Å². The maximum Gasteiger partial charge on any atom is 0.387 e. The summed E-state index contributed by atoms with van der Waals surface area (Å²) in [5.41, 5.74) is 1.33. The molecule has 0 aliphatic heterocycles. The number of halogens is 3.